The van der Waals surface area contributed by atoms with Crippen LogP contribution in [0.3, 0.4) is 0 Å². The van der Waals surface area contributed by atoms with Crippen LogP contribution >= 0.6 is 0 Å². The lowest BCUT2D eigenvalue weighted by Gasteiger charge is -2.16. The maximum absolute atomic E-state index is 13.2. The van der Waals surface area contributed by atoms with Gasteiger partial charge in [-0.1, -0.05) is 48.6 Å². The largest absolute Gasteiger partial charge is 0.741 e. The van der Waals surface area contributed by atoms with Crippen molar-refractivity contribution in [2.45, 2.75) is 10.8 Å². The Kier molecular flexibility index (Phi) is 3.64. The lowest BCUT2D eigenvalue weighted by Crippen LogP contribution is -2.27. The van der Waals surface area contributed by atoms with Crippen molar-refractivity contribution in [3.63, 3.8) is 0 Å². The summed E-state index contributed by atoms with van der Waals surface area (Å²) in [6.07, 6.45) is 6.97. The van der Waals surface area contributed by atoms with Crippen LogP contribution in [-0.4, -0.2) is 36.1 Å². The molecule has 0 fully saturated rings. The van der Waals surface area contributed by atoms with Gasteiger partial charge in [0.2, 0.25) is 0 Å². The molecule has 0 saturated heterocycles. The molecule has 2 aliphatic carbocycles. The van der Waals surface area contributed by atoms with Crippen molar-refractivity contribution >= 4 is 20.1 Å². The van der Waals surface area contributed by atoms with E-state index in [9.17, 15) is 17.4 Å². The number of hydrogen-bond acceptors (Lipinski definition) is 4. The second-order valence-corrected chi connectivity index (χ2v) is 7.36. The molecular formula is C14H15F3O4S2. The van der Waals surface area contributed by atoms with Gasteiger partial charge in [-0.25, -0.2) is 8.42 Å². The first kappa shape index (κ1) is 12.0. The third-order valence-electron chi connectivity index (χ3n) is 2.60. The predicted octanol–water partition coefficient (Wildman–Crippen LogP) is 2.71. The molecule has 4 nitrogen and oxygen atoms in total. The van der Waals surface area contributed by atoms with Crippen molar-refractivity contribution in [2.75, 3.05) is 12.4 Å². The summed E-state index contributed by atoms with van der Waals surface area (Å²) in [5, 5.41) is -1.18. The molecule has 23 heavy (non-hydrogen) atoms. The third kappa shape index (κ3) is 5.60. The Hall–Kier alpha value is -1.45. The lowest BCUT2D eigenvalue weighted by molar-refractivity contribution is -0.0517. The molecule has 0 aliphatic heterocycles. The SMILES string of the molecule is O=S(=O)([O-])C(F)(F)F.[2H]C([2H])([2H])[S+](=O)(C1C2=CC=CC=C1C=CC=C2)C([2H])([2H])[2H]. The number of alkyl halides is 3. The van der Waals surface area contributed by atoms with Crippen LogP contribution in [0.15, 0.2) is 59.8 Å². The molecule has 128 valence electrons. The Balaban J connectivity index is 0.000000447. The predicted molar refractivity (Wildman–Crippen MR) is 83.0 cm³/mol. The van der Waals surface area contributed by atoms with Crippen LogP contribution < -0.4 is 0 Å². The van der Waals surface area contributed by atoms with Gasteiger partial charge >= 0.3 is 5.51 Å². The molecule has 0 amide bonds. The van der Waals surface area contributed by atoms with Crippen LogP contribution in [0.4, 0.5) is 13.2 Å². The summed E-state index contributed by atoms with van der Waals surface area (Å²) in [4.78, 5) is 0. The minimum Gasteiger partial charge on any atom is -0.741 e. The lowest BCUT2D eigenvalue weighted by atomic mass is 10.1. The molecule has 0 heterocycles. The van der Waals surface area contributed by atoms with Crippen molar-refractivity contribution in [3.05, 3.63) is 59.8 Å². The molecule has 0 aromatic heterocycles. The van der Waals surface area contributed by atoms with Gasteiger partial charge in [-0.05, 0) is 0 Å². The Labute approximate surface area is 142 Å². The Morgan fingerprint density at radius 1 is 1.09 bits per heavy atom. The summed E-state index contributed by atoms with van der Waals surface area (Å²) in [6, 6.07) is 0. The number of fused-ring (bicyclic) bond motifs is 2. The first-order valence-electron chi connectivity index (χ1n) is 8.81. The van der Waals surface area contributed by atoms with Crippen molar-refractivity contribution in [2.24, 2.45) is 0 Å². The molecule has 2 rings (SSSR count). The van der Waals surface area contributed by atoms with E-state index in [4.69, 9.17) is 21.2 Å². The molecule has 0 radical (unpaired) electrons. The van der Waals surface area contributed by atoms with Crippen LogP contribution in [0.2, 0.25) is 0 Å². The molecule has 0 atom stereocenters. The molecule has 0 spiro atoms. The van der Waals surface area contributed by atoms with E-state index in [-0.39, 0.29) is 0 Å². The number of rotatable bonds is 1. The molecule has 0 N–H and O–H groups in total. The van der Waals surface area contributed by atoms with E-state index in [1.807, 2.05) is 0 Å². The Bertz CT molecular complexity index is 888. The van der Waals surface area contributed by atoms with Crippen molar-refractivity contribution in [1.82, 2.24) is 0 Å². The van der Waals surface area contributed by atoms with Gasteiger partial charge in [0.15, 0.2) is 15.4 Å². The average molecular weight is 374 g/mol. The quantitative estimate of drug-likeness (QED) is 0.402. The van der Waals surface area contributed by atoms with E-state index < -0.39 is 43.2 Å². The number of halogens is 3. The highest BCUT2D eigenvalue weighted by Gasteiger charge is 2.37. The number of allylic oxidation sites excluding steroid dienone is 8. The summed E-state index contributed by atoms with van der Waals surface area (Å²) in [5.41, 5.74) is -4.79. The topological polar surface area (TPSA) is 74.3 Å². The monoisotopic (exact) mass is 374 g/mol. The van der Waals surface area contributed by atoms with E-state index >= 15 is 0 Å². The summed E-state index contributed by atoms with van der Waals surface area (Å²) >= 11 is 0. The van der Waals surface area contributed by atoms with Crippen LogP contribution in [-0.2, 0) is 24.3 Å². The van der Waals surface area contributed by atoms with Gasteiger partial charge in [-0.15, -0.1) is 4.21 Å². The van der Waals surface area contributed by atoms with Gasteiger partial charge in [0.25, 0.3) is 0 Å². The van der Waals surface area contributed by atoms with E-state index in [1.165, 1.54) is 0 Å². The van der Waals surface area contributed by atoms with Crippen LogP contribution in [0, 0.1) is 0 Å². The molecule has 9 heteroatoms. The molecule has 2 bridgehead atoms. The highest BCUT2D eigenvalue weighted by Crippen LogP contribution is 2.29. The molecule has 0 unspecified atom stereocenters. The van der Waals surface area contributed by atoms with E-state index in [2.05, 4.69) is 0 Å². The number of hydrogen-bond donors (Lipinski definition) is 0. The molecule has 0 aromatic carbocycles. The highest BCUT2D eigenvalue weighted by atomic mass is 32.2. The summed E-state index contributed by atoms with van der Waals surface area (Å²) < 4.78 is 118. The van der Waals surface area contributed by atoms with E-state index in [0.717, 1.165) is 0 Å². The fourth-order valence-corrected chi connectivity index (χ4v) is 2.78. The van der Waals surface area contributed by atoms with Crippen LogP contribution in [0.1, 0.15) is 8.22 Å². The maximum atomic E-state index is 13.2. The summed E-state index contributed by atoms with van der Waals surface area (Å²) in [6.45, 7) is 0. The zero-order chi connectivity index (χ0) is 22.9. The minimum atomic E-state index is -6.09. The first-order valence-corrected chi connectivity index (χ1v) is 8.84. The zero-order valence-electron chi connectivity index (χ0n) is 17.3. The second-order valence-electron chi connectivity index (χ2n) is 4.32. The molecule has 0 aromatic rings. The normalized spacial score (nSPS) is 23.3. The van der Waals surface area contributed by atoms with E-state index in [1.54, 1.807) is 48.6 Å². The van der Waals surface area contributed by atoms with Crippen molar-refractivity contribution in [3.8, 4) is 0 Å². The Morgan fingerprint density at radius 3 is 1.78 bits per heavy atom. The fourth-order valence-electron chi connectivity index (χ4n) is 1.70. The van der Waals surface area contributed by atoms with Crippen LogP contribution in [0.25, 0.3) is 0 Å². The second kappa shape index (κ2) is 6.98. The standard InChI is InChI=1S/C13H15OS.CHF3O3S/c1-15(2,14)13-11-7-3-4-8-12(13)10-6-5-9-11;2-1(3,4)8(5,6)7/h3-10,13H,1-2H3;(H,5,6,7)/q+1;/p-1/i1D3,2D3;. The molecular weight excluding hydrogens is 353 g/mol. The van der Waals surface area contributed by atoms with Crippen molar-refractivity contribution in [1.29, 1.82) is 0 Å². The van der Waals surface area contributed by atoms with Gasteiger partial charge in [0.1, 0.15) is 12.4 Å². The van der Waals surface area contributed by atoms with Gasteiger partial charge in [-0.2, -0.15) is 13.2 Å². The molecule has 0 saturated carbocycles. The van der Waals surface area contributed by atoms with Crippen molar-refractivity contribution < 1.29 is 38.6 Å². The van der Waals surface area contributed by atoms with Gasteiger partial charge < -0.3 is 4.55 Å². The van der Waals surface area contributed by atoms with Gasteiger partial charge in [0.05, 0.1) is 18.2 Å². The van der Waals surface area contributed by atoms with Crippen LogP contribution in [0.5, 0.6) is 0 Å². The van der Waals surface area contributed by atoms with Gasteiger partial charge in [0, 0.05) is 11.1 Å². The zero-order valence-corrected chi connectivity index (χ0v) is 12.9. The average Bonchev–Trinajstić information content (AvgIpc) is 2.82. The molecule has 2 aliphatic rings. The fraction of sp³-hybridized carbons (Fsp3) is 0.286. The highest BCUT2D eigenvalue weighted by molar-refractivity contribution is 8.02. The summed E-state index contributed by atoms with van der Waals surface area (Å²) in [7, 11) is -10.3. The minimum absolute atomic E-state index is 0.428. The Morgan fingerprint density at radius 2 is 1.48 bits per heavy atom. The summed E-state index contributed by atoms with van der Waals surface area (Å²) in [5.74, 6) is 0. The smallest absolute Gasteiger partial charge is 0.485 e. The van der Waals surface area contributed by atoms with Gasteiger partial charge in [-0.3, -0.25) is 0 Å². The van der Waals surface area contributed by atoms with E-state index in [0.29, 0.717) is 11.1 Å². The first-order chi connectivity index (χ1) is 12.8. The maximum Gasteiger partial charge on any atom is 0.485 e. The third-order valence-corrected chi connectivity index (χ3v) is 4.37.